The lowest BCUT2D eigenvalue weighted by atomic mass is 9.89. The maximum Gasteiger partial charge on any atom is 0.0740 e. The van der Waals surface area contributed by atoms with E-state index in [0.717, 1.165) is 58.4 Å². The van der Waals surface area contributed by atoms with Gasteiger partial charge in [0.2, 0.25) is 0 Å². The molecule has 1 aliphatic carbocycles. The summed E-state index contributed by atoms with van der Waals surface area (Å²) in [6.45, 7) is 2.07. The molecule has 2 heterocycles. The highest BCUT2D eigenvalue weighted by Gasteiger charge is 2.25. The molecule has 2 aliphatic rings. The Labute approximate surface area is 164 Å². The van der Waals surface area contributed by atoms with Crippen LogP contribution in [0.4, 0.5) is 0 Å². The number of pyridine rings is 1. The Morgan fingerprint density at radius 3 is 2.50 bits per heavy atom. The highest BCUT2D eigenvalue weighted by Crippen LogP contribution is 2.42. The van der Waals surface area contributed by atoms with E-state index >= 15 is 0 Å². The van der Waals surface area contributed by atoms with Gasteiger partial charge in [-0.2, -0.15) is 0 Å². The lowest BCUT2D eigenvalue weighted by molar-refractivity contribution is 0.611. The van der Waals surface area contributed by atoms with Gasteiger partial charge in [-0.1, -0.05) is 33.1 Å². The Hall–Kier alpha value is -0.680. The monoisotopic (exact) mass is 466 g/mol. The van der Waals surface area contributed by atoms with Crippen molar-refractivity contribution in [1.82, 2.24) is 10.3 Å². The summed E-state index contributed by atoms with van der Waals surface area (Å²) >= 11 is 13.7. The van der Waals surface area contributed by atoms with Gasteiger partial charge in [-0.3, -0.25) is 4.98 Å². The first kappa shape index (κ1) is 16.8. The number of rotatable bonds is 0. The number of hydrogen-bond acceptors (Lipinski definition) is 2. The molecule has 5 heteroatoms. The zero-order valence-corrected chi connectivity index (χ0v) is 17.1. The lowest BCUT2D eigenvalue weighted by Crippen LogP contribution is -2.24. The third kappa shape index (κ3) is 3.10. The van der Waals surface area contributed by atoms with Crippen molar-refractivity contribution in [1.29, 1.82) is 0 Å². The van der Waals surface area contributed by atoms with Crippen molar-refractivity contribution < 1.29 is 0 Å². The molecule has 0 spiro atoms. The maximum absolute atomic E-state index is 6.33. The molecule has 1 saturated heterocycles. The first-order chi connectivity index (χ1) is 11.6. The van der Waals surface area contributed by atoms with Crippen LogP contribution in [0.2, 0.25) is 5.02 Å². The largest absolute Gasteiger partial charge is 0.316 e. The Morgan fingerprint density at radius 2 is 1.71 bits per heavy atom. The highest BCUT2D eigenvalue weighted by atomic mass is 79.9. The molecule has 24 heavy (non-hydrogen) atoms. The average molecular weight is 469 g/mol. The zero-order valence-electron chi connectivity index (χ0n) is 13.1. The van der Waals surface area contributed by atoms with Crippen LogP contribution >= 0.6 is 43.5 Å². The van der Waals surface area contributed by atoms with E-state index in [4.69, 9.17) is 16.6 Å². The summed E-state index contributed by atoms with van der Waals surface area (Å²) < 4.78 is 2.11. The van der Waals surface area contributed by atoms with Crippen molar-refractivity contribution >= 4 is 49.0 Å². The Balaban J connectivity index is 2.02. The molecule has 2 nitrogen and oxygen atoms in total. The van der Waals surface area contributed by atoms with Gasteiger partial charge in [-0.05, 0) is 84.0 Å². The minimum Gasteiger partial charge on any atom is -0.316 e. The molecule has 0 saturated carbocycles. The van der Waals surface area contributed by atoms with Gasteiger partial charge >= 0.3 is 0 Å². The van der Waals surface area contributed by atoms with Gasteiger partial charge in [0.25, 0.3) is 0 Å². The third-order valence-electron chi connectivity index (χ3n) is 4.78. The van der Waals surface area contributed by atoms with E-state index in [1.165, 1.54) is 27.8 Å². The minimum atomic E-state index is 0.787. The summed E-state index contributed by atoms with van der Waals surface area (Å²) in [5.41, 5.74) is 7.85. The molecule has 0 amide bonds. The fourth-order valence-corrected chi connectivity index (χ4v) is 5.16. The molecular weight excluding hydrogens is 451 g/mol. The number of piperidine rings is 1. The summed E-state index contributed by atoms with van der Waals surface area (Å²) in [5, 5.41) is 4.24. The molecule has 1 N–H and O–H groups in total. The van der Waals surface area contributed by atoms with E-state index in [1.807, 2.05) is 12.3 Å². The van der Waals surface area contributed by atoms with Gasteiger partial charge in [0.1, 0.15) is 0 Å². The number of fused-ring (bicyclic) bond motifs is 2. The second-order valence-corrected chi connectivity index (χ2v) is 8.52. The van der Waals surface area contributed by atoms with Crippen molar-refractivity contribution in [3.8, 4) is 0 Å². The fraction of sp³-hybridized carbons (Fsp3) is 0.316. The van der Waals surface area contributed by atoms with Gasteiger partial charge in [-0.15, -0.1) is 0 Å². The first-order valence-electron chi connectivity index (χ1n) is 8.19. The van der Waals surface area contributed by atoms with Crippen LogP contribution in [0.25, 0.3) is 5.57 Å². The predicted molar refractivity (Wildman–Crippen MR) is 107 cm³/mol. The Morgan fingerprint density at radius 1 is 0.958 bits per heavy atom. The van der Waals surface area contributed by atoms with E-state index in [1.54, 1.807) is 0 Å². The van der Waals surface area contributed by atoms with Gasteiger partial charge in [0, 0.05) is 31.3 Å². The number of halogens is 3. The Kier molecular flexibility index (Phi) is 4.83. The molecule has 0 bridgehead atoms. The molecular formula is C19H17Br2ClN2. The molecule has 0 radical (unpaired) electrons. The topological polar surface area (TPSA) is 24.9 Å². The number of aryl methyl sites for hydroxylation is 2. The molecule has 2 aromatic rings. The molecule has 1 aliphatic heterocycles. The highest BCUT2D eigenvalue weighted by molar-refractivity contribution is 9.10. The maximum atomic E-state index is 6.33. The normalized spacial score (nSPS) is 17.3. The molecule has 124 valence electrons. The summed E-state index contributed by atoms with van der Waals surface area (Å²) in [4.78, 5) is 4.82. The average Bonchev–Trinajstić information content (AvgIpc) is 2.72. The van der Waals surface area contributed by atoms with Crippen LogP contribution in [0.15, 0.2) is 38.9 Å². The van der Waals surface area contributed by atoms with Crippen LogP contribution < -0.4 is 5.32 Å². The minimum absolute atomic E-state index is 0.787. The van der Waals surface area contributed by atoms with Crippen molar-refractivity contribution in [2.75, 3.05) is 13.1 Å². The van der Waals surface area contributed by atoms with Crippen molar-refractivity contribution in [3.05, 3.63) is 66.3 Å². The second-order valence-electron chi connectivity index (χ2n) is 6.31. The van der Waals surface area contributed by atoms with Crippen LogP contribution in [-0.4, -0.2) is 18.1 Å². The molecule has 4 rings (SSSR count). The second kappa shape index (κ2) is 6.91. The van der Waals surface area contributed by atoms with Gasteiger partial charge < -0.3 is 5.32 Å². The van der Waals surface area contributed by atoms with E-state index in [0.29, 0.717) is 0 Å². The summed E-state index contributed by atoms with van der Waals surface area (Å²) in [7, 11) is 0. The molecule has 0 atom stereocenters. The molecule has 1 aromatic carbocycles. The summed E-state index contributed by atoms with van der Waals surface area (Å²) in [5.74, 6) is 0. The predicted octanol–water partition coefficient (Wildman–Crippen LogP) is 5.54. The van der Waals surface area contributed by atoms with Crippen LogP contribution in [0.3, 0.4) is 0 Å². The quantitative estimate of drug-likeness (QED) is 0.549. The van der Waals surface area contributed by atoms with Gasteiger partial charge in [0.15, 0.2) is 0 Å². The smallest absolute Gasteiger partial charge is 0.0740 e. The summed E-state index contributed by atoms with van der Waals surface area (Å²) in [6.07, 6.45) is 6.02. The van der Waals surface area contributed by atoms with Crippen molar-refractivity contribution in [3.63, 3.8) is 0 Å². The van der Waals surface area contributed by atoms with E-state index in [9.17, 15) is 0 Å². The summed E-state index contributed by atoms with van der Waals surface area (Å²) in [6, 6.07) is 6.33. The van der Waals surface area contributed by atoms with Crippen LogP contribution in [-0.2, 0) is 12.8 Å². The van der Waals surface area contributed by atoms with Gasteiger partial charge in [-0.25, -0.2) is 0 Å². The Bertz CT molecular complexity index is 838. The van der Waals surface area contributed by atoms with Crippen molar-refractivity contribution in [2.24, 2.45) is 0 Å². The molecule has 1 fully saturated rings. The number of benzene rings is 1. The fourth-order valence-electron chi connectivity index (χ4n) is 3.71. The number of hydrogen-bond donors (Lipinski definition) is 1. The van der Waals surface area contributed by atoms with Crippen LogP contribution in [0.5, 0.6) is 0 Å². The number of nitrogens with one attached hydrogen (secondary N) is 1. The van der Waals surface area contributed by atoms with Crippen LogP contribution in [0, 0.1) is 0 Å². The zero-order chi connectivity index (χ0) is 16.7. The van der Waals surface area contributed by atoms with Crippen LogP contribution in [0.1, 0.15) is 35.2 Å². The SMILES string of the molecule is Clc1cc(Br)c2c(c1)CCc1cc(Br)cnc1C2=C1CCNCC1. The standard InChI is InChI=1S/C19H17Br2ClN2/c20-14-7-13-2-1-12-8-15(22)9-16(21)17(12)18(19(13)24-10-14)11-3-5-23-6-4-11/h7-10,23H,1-6H2. The van der Waals surface area contributed by atoms with E-state index in [2.05, 4.69) is 49.3 Å². The number of nitrogens with zero attached hydrogens (tertiary/aromatic N) is 1. The lowest BCUT2D eigenvalue weighted by Gasteiger charge is -2.22. The number of aromatic nitrogens is 1. The van der Waals surface area contributed by atoms with Gasteiger partial charge in [0.05, 0.1) is 5.69 Å². The first-order valence-corrected chi connectivity index (χ1v) is 10.2. The van der Waals surface area contributed by atoms with E-state index in [-0.39, 0.29) is 0 Å². The van der Waals surface area contributed by atoms with E-state index < -0.39 is 0 Å². The third-order valence-corrected chi connectivity index (χ3v) is 6.06. The molecule has 1 aromatic heterocycles. The molecule has 0 unspecified atom stereocenters. The van der Waals surface area contributed by atoms with Crippen molar-refractivity contribution in [2.45, 2.75) is 25.7 Å².